The van der Waals surface area contributed by atoms with Crippen LogP contribution >= 0.6 is 12.4 Å². The van der Waals surface area contributed by atoms with Crippen molar-refractivity contribution in [1.29, 1.82) is 0 Å². The third-order valence-electron chi connectivity index (χ3n) is 4.80. The van der Waals surface area contributed by atoms with E-state index in [1.165, 1.54) is 25.7 Å². The predicted molar refractivity (Wildman–Crippen MR) is 84.6 cm³/mol. The average molecular weight is 315 g/mol. The molecule has 3 atom stereocenters. The van der Waals surface area contributed by atoms with Crippen molar-refractivity contribution in [3.8, 4) is 0 Å². The van der Waals surface area contributed by atoms with Gasteiger partial charge in [-0.1, -0.05) is 24.9 Å². The van der Waals surface area contributed by atoms with Gasteiger partial charge >= 0.3 is 0 Å². The first-order valence-corrected chi connectivity index (χ1v) is 7.96. The van der Waals surface area contributed by atoms with Crippen LogP contribution in [0.1, 0.15) is 50.4 Å². The number of nitrogens with zero attached hydrogens (tertiary/aromatic N) is 3. The molecule has 0 radical (unpaired) electrons. The highest BCUT2D eigenvalue weighted by Gasteiger charge is 2.26. The highest BCUT2D eigenvalue weighted by atomic mass is 35.5. The molecule has 1 aliphatic carbocycles. The highest BCUT2D eigenvalue weighted by molar-refractivity contribution is 5.85. The summed E-state index contributed by atoms with van der Waals surface area (Å²) in [5.74, 6) is 3.26. The van der Waals surface area contributed by atoms with Gasteiger partial charge in [-0.05, 0) is 31.7 Å². The van der Waals surface area contributed by atoms with Crippen molar-refractivity contribution in [2.45, 2.75) is 45.1 Å². The monoisotopic (exact) mass is 314 g/mol. The Labute approximate surface area is 133 Å². The third-order valence-corrected chi connectivity index (χ3v) is 4.80. The summed E-state index contributed by atoms with van der Waals surface area (Å²) in [6.07, 6.45) is 6.31. The lowest BCUT2D eigenvalue weighted by Crippen LogP contribution is -2.44. The van der Waals surface area contributed by atoms with E-state index < -0.39 is 0 Å². The molecule has 0 spiro atoms. The second-order valence-corrected chi connectivity index (χ2v) is 6.59. The van der Waals surface area contributed by atoms with Crippen molar-refractivity contribution >= 4 is 12.4 Å². The fourth-order valence-corrected chi connectivity index (χ4v) is 3.57. The minimum atomic E-state index is 0. The second-order valence-electron chi connectivity index (χ2n) is 6.59. The van der Waals surface area contributed by atoms with Crippen LogP contribution in [-0.4, -0.2) is 41.7 Å². The molecule has 1 saturated heterocycles. The van der Waals surface area contributed by atoms with E-state index in [2.05, 4.69) is 34.3 Å². The molecule has 1 N–H and O–H groups in total. The van der Waals surface area contributed by atoms with Crippen LogP contribution in [-0.2, 0) is 6.42 Å². The van der Waals surface area contributed by atoms with Crippen LogP contribution in [0.5, 0.6) is 0 Å². The first kappa shape index (κ1) is 16.7. The molecule has 0 amide bonds. The standard InChI is InChI=1S/C15H26N4O.ClH/c1-11-4-3-5-12(8-11)9-14-17-15(18-20-14)13-10-16-6-7-19(13)2;/h11-13,16H,3-10H2,1-2H3;1H. The summed E-state index contributed by atoms with van der Waals surface area (Å²) in [5.41, 5.74) is 0. The SMILES string of the molecule is CC1CCCC(Cc2nc(C3CNCCN3C)no2)C1.Cl. The Morgan fingerprint density at radius 1 is 1.38 bits per heavy atom. The quantitative estimate of drug-likeness (QED) is 0.928. The van der Waals surface area contributed by atoms with Crippen molar-refractivity contribution in [2.24, 2.45) is 11.8 Å². The van der Waals surface area contributed by atoms with Gasteiger partial charge in [-0.3, -0.25) is 4.90 Å². The number of rotatable bonds is 3. The van der Waals surface area contributed by atoms with Gasteiger partial charge in [-0.15, -0.1) is 12.4 Å². The van der Waals surface area contributed by atoms with Crippen LogP contribution in [0.25, 0.3) is 0 Å². The fourth-order valence-electron chi connectivity index (χ4n) is 3.57. The first-order chi connectivity index (χ1) is 9.72. The van der Waals surface area contributed by atoms with E-state index in [0.717, 1.165) is 49.6 Å². The summed E-state index contributed by atoms with van der Waals surface area (Å²) in [5, 5.41) is 7.60. The van der Waals surface area contributed by atoms with Gasteiger partial charge in [0.2, 0.25) is 5.89 Å². The Morgan fingerprint density at radius 2 is 2.24 bits per heavy atom. The summed E-state index contributed by atoms with van der Waals surface area (Å²) in [4.78, 5) is 6.94. The number of hydrogen-bond donors (Lipinski definition) is 1. The van der Waals surface area contributed by atoms with E-state index in [-0.39, 0.29) is 18.4 Å². The second kappa shape index (κ2) is 7.56. The number of aromatic nitrogens is 2. The van der Waals surface area contributed by atoms with E-state index in [1.54, 1.807) is 0 Å². The summed E-state index contributed by atoms with van der Waals surface area (Å²) < 4.78 is 5.49. The molecule has 1 aliphatic heterocycles. The van der Waals surface area contributed by atoms with Gasteiger partial charge in [0.15, 0.2) is 5.82 Å². The molecule has 1 saturated carbocycles. The van der Waals surface area contributed by atoms with Gasteiger partial charge in [0.05, 0.1) is 6.04 Å². The minimum Gasteiger partial charge on any atom is -0.339 e. The number of nitrogens with one attached hydrogen (secondary N) is 1. The van der Waals surface area contributed by atoms with Gasteiger partial charge in [-0.2, -0.15) is 4.98 Å². The lowest BCUT2D eigenvalue weighted by Gasteiger charge is -2.30. The van der Waals surface area contributed by atoms with E-state index >= 15 is 0 Å². The topological polar surface area (TPSA) is 54.2 Å². The smallest absolute Gasteiger partial charge is 0.226 e. The minimum absolute atomic E-state index is 0. The van der Waals surface area contributed by atoms with Crippen LogP contribution in [0.3, 0.4) is 0 Å². The Bertz CT molecular complexity index is 439. The maximum Gasteiger partial charge on any atom is 0.226 e. The van der Waals surface area contributed by atoms with Crippen molar-refractivity contribution in [3.63, 3.8) is 0 Å². The molecule has 6 heteroatoms. The number of likely N-dealkylation sites (N-methyl/N-ethyl adjacent to an activating group) is 1. The maximum absolute atomic E-state index is 5.49. The Balaban J connectivity index is 0.00000161. The van der Waals surface area contributed by atoms with Crippen molar-refractivity contribution in [2.75, 3.05) is 26.7 Å². The summed E-state index contributed by atoms with van der Waals surface area (Å²) in [7, 11) is 2.13. The number of piperazine rings is 1. The molecule has 2 heterocycles. The third kappa shape index (κ3) is 4.18. The molecule has 1 aromatic rings. The van der Waals surface area contributed by atoms with Crippen LogP contribution < -0.4 is 5.32 Å². The summed E-state index contributed by atoms with van der Waals surface area (Å²) in [6, 6.07) is 0.256. The van der Waals surface area contributed by atoms with E-state index in [0.29, 0.717) is 0 Å². The molecule has 0 aromatic carbocycles. The number of hydrogen-bond acceptors (Lipinski definition) is 5. The van der Waals surface area contributed by atoms with E-state index in [4.69, 9.17) is 4.52 Å². The lowest BCUT2D eigenvalue weighted by molar-refractivity contribution is 0.190. The molecule has 3 rings (SSSR count). The number of halogens is 1. The molecule has 3 unspecified atom stereocenters. The average Bonchev–Trinajstić information content (AvgIpc) is 2.87. The molecular weight excluding hydrogens is 288 g/mol. The zero-order chi connectivity index (χ0) is 13.9. The maximum atomic E-state index is 5.49. The predicted octanol–water partition coefficient (Wildman–Crippen LogP) is 2.44. The van der Waals surface area contributed by atoms with Gasteiger partial charge in [0, 0.05) is 26.1 Å². The zero-order valence-corrected chi connectivity index (χ0v) is 13.9. The Kier molecular flexibility index (Phi) is 6.02. The highest BCUT2D eigenvalue weighted by Crippen LogP contribution is 2.31. The summed E-state index contributed by atoms with van der Waals surface area (Å²) >= 11 is 0. The van der Waals surface area contributed by atoms with Crippen LogP contribution in [0.2, 0.25) is 0 Å². The van der Waals surface area contributed by atoms with Crippen molar-refractivity contribution < 1.29 is 4.52 Å². The molecular formula is C15H27ClN4O. The van der Waals surface area contributed by atoms with Crippen molar-refractivity contribution in [3.05, 3.63) is 11.7 Å². The fraction of sp³-hybridized carbons (Fsp3) is 0.867. The van der Waals surface area contributed by atoms with Crippen LogP contribution in [0, 0.1) is 11.8 Å². The van der Waals surface area contributed by atoms with E-state index in [9.17, 15) is 0 Å². The lowest BCUT2D eigenvalue weighted by atomic mass is 9.81. The molecule has 2 aliphatic rings. The first-order valence-electron chi connectivity index (χ1n) is 7.96. The molecule has 2 fully saturated rings. The van der Waals surface area contributed by atoms with Gasteiger partial charge in [0.1, 0.15) is 0 Å². The summed E-state index contributed by atoms with van der Waals surface area (Å²) in [6.45, 7) is 5.34. The molecule has 5 nitrogen and oxygen atoms in total. The van der Waals surface area contributed by atoms with E-state index in [1.807, 2.05) is 0 Å². The van der Waals surface area contributed by atoms with Gasteiger partial charge in [-0.25, -0.2) is 0 Å². The largest absolute Gasteiger partial charge is 0.339 e. The molecule has 120 valence electrons. The zero-order valence-electron chi connectivity index (χ0n) is 13.0. The van der Waals surface area contributed by atoms with Gasteiger partial charge < -0.3 is 9.84 Å². The molecule has 1 aromatic heterocycles. The Hall–Kier alpha value is -0.650. The normalized spacial score (nSPS) is 30.9. The van der Waals surface area contributed by atoms with Gasteiger partial charge in [0.25, 0.3) is 0 Å². The van der Waals surface area contributed by atoms with Crippen LogP contribution in [0.4, 0.5) is 0 Å². The molecule has 0 bridgehead atoms. The Morgan fingerprint density at radius 3 is 3.00 bits per heavy atom. The molecule has 21 heavy (non-hydrogen) atoms. The van der Waals surface area contributed by atoms with Crippen molar-refractivity contribution in [1.82, 2.24) is 20.4 Å². The van der Waals surface area contributed by atoms with Crippen LogP contribution in [0.15, 0.2) is 4.52 Å².